The third-order valence-corrected chi connectivity index (χ3v) is 4.32. The van der Waals surface area contributed by atoms with Gasteiger partial charge in [0.15, 0.2) is 10.2 Å². The number of carbonyl (C=O) groups excluding carboxylic acids is 2. The highest BCUT2D eigenvalue weighted by molar-refractivity contribution is 8.13. The van der Waals surface area contributed by atoms with E-state index >= 15 is 0 Å². The Balaban J connectivity index is 0. The molecule has 0 heterocycles. The minimum atomic E-state index is -0.167. The molecule has 0 aromatic heterocycles. The predicted octanol–water partition coefficient (Wildman–Crippen LogP) is 4.62. The molecule has 0 aromatic carbocycles. The molecule has 4 heteroatoms. The van der Waals surface area contributed by atoms with Crippen LogP contribution in [-0.2, 0) is 9.59 Å². The lowest BCUT2D eigenvalue weighted by Crippen LogP contribution is -2.16. The third-order valence-electron chi connectivity index (χ3n) is 1.85. The Morgan fingerprint density at radius 3 is 1.44 bits per heavy atom. The van der Waals surface area contributed by atoms with Crippen LogP contribution in [0.5, 0.6) is 0 Å². The lowest BCUT2D eigenvalue weighted by molar-refractivity contribution is -0.118. The average Bonchev–Trinajstić information content (AvgIpc) is 2.22. The summed E-state index contributed by atoms with van der Waals surface area (Å²) >= 11 is 2.74. The van der Waals surface area contributed by atoms with Crippen LogP contribution in [0.2, 0.25) is 0 Å². The van der Waals surface area contributed by atoms with E-state index in [1.807, 2.05) is 47.8 Å². The molecule has 0 unspecified atom stereocenters. The van der Waals surface area contributed by atoms with Gasteiger partial charge >= 0.3 is 0 Å². The zero-order valence-corrected chi connectivity index (χ0v) is 14.7. The summed E-state index contributed by atoms with van der Waals surface area (Å²) in [5.74, 6) is 0.954. The molecule has 0 fully saturated rings. The number of carbonyl (C=O) groups is 2. The van der Waals surface area contributed by atoms with Gasteiger partial charge in [0.05, 0.1) is 0 Å². The fourth-order valence-corrected chi connectivity index (χ4v) is 2.15. The summed E-state index contributed by atoms with van der Waals surface area (Å²) < 4.78 is 0. The Hall–Kier alpha value is 0.0400. The lowest BCUT2D eigenvalue weighted by atomic mass is 9.99. The first-order valence-corrected chi connectivity index (χ1v) is 8.43. The second-order valence-corrected chi connectivity index (χ2v) is 7.97. The van der Waals surface area contributed by atoms with Crippen molar-refractivity contribution in [1.29, 1.82) is 0 Å². The molecule has 18 heavy (non-hydrogen) atoms. The van der Waals surface area contributed by atoms with E-state index in [1.165, 1.54) is 23.5 Å². The highest BCUT2D eigenvalue weighted by Gasteiger charge is 2.20. The first-order valence-electron chi connectivity index (χ1n) is 6.22. The zero-order chi connectivity index (χ0) is 15.0. The summed E-state index contributed by atoms with van der Waals surface area (Å²) in [5.41, 5.74) is -0.334. The van der Waals surface area contributed by atoms with E-state index in [9.17, 15) is 9.59 Å². The maximum Gasteiger partial charge on any atom is 0.194 e. The molecule has 108 valence electrons. The van der Waals surface area contributed by atoms with Gasteiger partial charge in [-0.2, -0.15) is 0 Å². The normalized spacial score (nSPS) is 11.6. The number of rotatable bonds is 2. The summed E-state index contributed by atoms with van der Waals surface area (Å²) in [7, 11) is 0. The first kappa shape index (κ1) is 20.4. The quantitative estimate of drug-likeness (QED) is 0.743. The monoisotopic (exact) mass is 292 g/mol. The van der Waals surface area contributed by atoms with Crippen LogP contribution in [0.25, 0.3) is 0 Å². The SMILES string of the molecule is CCCSC(=O)C(C)(C)C.CSC(=O)C(C)(C)C. The van der Waals surface area contributed by atoms with Crippen molar-refractivity contribution in [3.63, 3.8) is 0 Å². The van der Waals surface area contributed by atoms with Gasteiger partial charge in [-0.05, 0) is 12.7 Å². The van der Waals surface area contributed by atoms with E-state index in [4.69, 9.17) is 0 Å². The van der Waals surface area contributed by atoms with Crippen LogP contribution in [-0.4, -0.2) is 22.2 Å². The summed E-state index contributed by atoms with van der Waals surface area (Å²) in [5, 5.41) is 0.548. The van der Waals surface area contributed by atoms with E-state index in [0.717, 1.165) is 12.2 Å². The Bertz CT molecular complexity index is 260. The van der Waals surface area contributed by atoms with E-state index in [-0.39, 0.29) is 15.9 Å². The molecule has 0 radical (unpaired) electrons. The molecule has 0 N–H and O–H groups in total. The molecule has 0 atom stereocenters. The van der Waals surface area contributed by atoms with Crippen molar-refractivity contribution in [3.8, 4) is 0 Å². The van der Waals surface area contributed by atoms with Gasteiger partial charge < -0.3 is 0 Å². The second kappa shape index (κ2) is 9.03. The van der Waals surface area contributed by atoms with Gasteiger partial charge in [-0.25, -0.2) is 0 Å². The number of hydrogen-bond donors (Lipinski definition) is 0. The second-order valence-electron chi connectivity index (χ2n) is 6.13. The van der Waals surface area contributed by atoms with Crippen molar-refractivity contribution in [2.75, 3.05) is 12.0 Å². The lowest BCUT2D eigenvalue weighted by Gasteiger charge is -2.14. The summed E-state index contributed by atoms with van der Waals surface area (Å²) in [6, 6.07) is 0. The van der Waals surface area contributed by atoms with Gasteiger partial charge in [0, 0.05) is 16.6 Å². The Morgan fingerprint density at radius 2 is 1.28 bits per heavy atom. The van der Waals surface area contributed by atoms with E-state index in [0.29, 0.717) is 5.12 Å². The topological polar surface area (TPSA) is 34.1 Å². The van der Waals surface area contributed by atoms with Crippen molar-refractivity contribution in [1.82, 2.24) is 0 Å². The van der Waals surface area contributed by atoms with Crippen molar-refractivity contribution < 1.29 is 9.59 Å². The average molecular weight is 293 g/mol. The smallest absolute Gasteiger partial charge is 0.194 e. The number of hydrogen-bond acceptors (Lipinski definition) is 4. The van der Waals surface area contributed by atoms with Crippen LogP contribution < -0.4 is 0 Å². The fourth-order valence-electron chi connectivity index (χ4n) is 0.717. The highest BCUT2D eigenvalue weighted by Crippen LogP contribution is 2.22. The van der Waals surface area contributed by atoms with E-state index in [1.54, 1.807) is 0 Å². The molecular formula is C14H28O2S2. The molecule has 0 rings (SSSR count). The predicted molar refractivity (Wildman–Crippen MR) is 85.2 cm³/mol. The van der Waals surface area contributed by atoms with Crippen molar-refractivity contribution in [2.45, 2.75) is 54.9 Å². The van der Waals surface area contributed by atoms with E-state index in [2.05, 4.69) is 6.92 Å². The summed E-state index contributed by atoms with van der Waals surface area (Å²) in [4.78, 5) is 22.0. The Kier molecular flexibility index (Phi) is 10.2. The molecule has 0 aliphatic rings. The fraction of sp³-hybridized carbons (Fsp3) is 0.857. The maximum atomic E-state index is 11.2. The standard InChI is InChI=1S/C8H16OS.C6H12OS/c1-5-6-10-7(9)8(2,3)4;1-6(2,3)5(7)8-4/h5-6H2,1-4H3;1-4H3. The van der Waals surface area contributed by atoms with Crippen molar-refractivity contribution >= 4 is 33.8 Å². The van der Waals surface area contributed by atoms with Crippen LogP contribution in [0, 0.1) is 10.8 Å². The molecule has 0 spiro atoms. The molecule has 0 aromatic rings. The molecule has 0 aliphatic carbocycles. The van der Waals surface area contributed by atoms with Crippen LogP contribution in [0.1, 0.15) is 54.9 Å². The van der Waals surface area contributed by atoms with Gasteiger partial charge in [0.1, 0.15) is 0 Å². The van der Waals surface area contributed by atoms with Crippen molar-refractivity contribution in [2.24, 2.45) is 10.8 Å². The molecule has 0 saturated carbocycles. The minimum Gasteiger partial charge on any atom is -0.287 e. The summed E-state index contributed by atoms with van der Waals surface area (Å²) in [6.07, 6.45) is 2.89. The molecule has 0 amide bonds. The van der Waals surface area contributed by atoms with Crippen LogP contribution in [0.3, 0.4) is 0 Å². The zero-order valence-electron chi connectivity index (χ0n) is 13.0. The van der Waals surface area contributed by atoms with Crippen LogP contribution >= 0.6 is 23.5 Å². The molecule has 0 bridgehead atoms. The summed E-state index contributed by atoms with van der Waals surface area (Å²) in [6.45, 7) is 13.7. The maximum absolute atomic E-state index is 11.2. The molecule has 0 aliphatic heterocycles. The Morgan fingerprint density at radius 1 is 0.889 bits per heavy atom. The first-order chi connectivity index (χ1) is 7.96. The molecule has 2 nitrogen and oxygen atoms in total. The number of thioether (sulfide) groups is 2. The van der Waals surface area contributed by atoms with E-state index < -0.39 is 0 Å². The molecule has 0 saturated heterocycles. The highest BCUT2D eigenvalue weighted by atomic mass is 32.2. The van der Waals surface area contributed by atoms with Crippen molar-refractivity contribution in [3.05, 3.63) is 0 Å². The molecular weight excluding hydrogens is 264 g/mol. The van der Waals surface area contributed by atoms with Crippen LogP contribution in [0.4, 0.5) is 0 Å². The van der Waals surface area contributed by atoms with Crippen LogP contribution in [0.15, 0.2) is 0 Å². The van der Waals surface area contributed by atoms with Gasteiger partial charge in [-0.15, -0.1) is 0 Å². The Labute approximate surface area is 121 Å². The van der Waals surface area contributed by atoms with Gasteiger partial charge in [0.25, 0.3) is 0 Å². The van der Waals surface area contributed by atoms with Gasteiger partial charge in [-0.3, -0.25) is 9.59 Å². The van der Waals surface area contributed by atoms with Gasteiger partial charge in [0.2, 0.25) is 0 Å². The van der Waals surface area contributed by atoms with Gasteiger partial charge in [-0.1, -0.05) is 72.0 Å². The largest absolute Gasteiger partial charge is 0.287 e. The third kappa shape index (κ3) is 11.1. The minimum absolute atomic E-state index is 0.167.